The number of hydrogen-bond acceptors (Lipinski definition) is 5. The Hall–Kier alpha value is -1.27. The molecule has 1 N–H and O–H groups in total. The van der Waals surface area contributed by atoms with E-state index in [1.54, 1.807) is 6.26 Å². The summed E-state index contributed by atoms with van der Waals surface area (Å²) in [6, 6.07) is 0. The maximum Gasteiger partial charge on any atom is 0.262 e. The van der Waals surface area contributed by atoms with Crippen molar-refractivity contribution in [1.29, 1.82) is 0 Å². The molecule has 0 unspecified atom stereocenters. The van der Waals surface area contributed by atoms with Gasteiger partial charge in [0.15, 0.2) is 0 Å². The summed E-state index contributed by atoms with van der Waals surface area (Å²) in [5.41, 5.74) is 3.20. The molecule has 110 valence electrons. The van der Waals surface area contributed by atoms with Crippen molar-refractivity contribution in [2.45, 2.75) is 57.0 Å². The van der Waals surface area contributed by atoms with Crippen LogP contribution in [0.15, 0.2) is 20.9 Å². The van der Waals surface area contributed by atoms with Gasteiger partial charge >= 0.3 is 0 Å². The van der Waals surface area contributed by atoms with Gasteiger partial charge in [-0.05, 0) is 46.4 Å². The van der Waals surface area contributed by atoms with E-state index in [1.165, 1.54) is 17.3 Å². The molecule has 5 nitrogen and oxygen atoms in total. The molecule has 0 atom stereocenters. The molecule has 0 aliphatic carbocycles. The standard InChI is InChI=1S/C14H22N4OS/c1-9-8-19-13(16-9)20-12-11(7-15-14(3,4)5)10(2)17-18(12)6/h8,15H,7H2,1-6H3. The molecule has 0 aliphatic heterocycles. The Morgan fingerprint density at radius 2 is 2.05 bits per heavy atom. The van der Waals surface area contributed by atoms with Gasteiger partial charge in [0.2, 0.25) is 0 Å². The lowest BCUT2D eigenvalue weighted by Gasteiger charge is -2.20. The highest BCUT2D eigenvalue weighted by atomic mass is 32.2. The SMILES string of the molecule is Cc1coc(Sc2c(CNC(C)(C)C)c(C)nn2C)n1. The number of oxazole rings is 1. The second kappa shape index (κ2) is 5.61. The molecule has 0 amide bonds. The van der Waals surface area contributed by atoms with Gasteiger partial charge in [-0.3, -0.25) is 4.68 Å². The highest BCUT2D eigenvalue weighted by molar-refractivity contribution is 7.99. The molecule has 0 aliphatic rings. The first-order valence-corrected chi connectivity index (χ1v) is 7.45. The van der Waals surface area contributed by atoms with Gasteiger partial charge < -0.3 is 9.73 Å². The quantitative estimate of drug-likeness (QED) is 0.939. The van der Waals surface area contributed by atoms with Gasteiger partial charge in [0.1, 0.15) is 11.3 Å². The van der Waals surface area contributed by atoms with Gasteiger partial charge in [-0.15, -0.1) is 0 Å². The molecule has 6 heteroatoms. The largest absolute Gasteiger partial charge is 0.439 e. The molecule has 0 bridgehead atoms. The molecule has 0 saturated heterocycles. The molecule has 0 spiro atoms. The Morgan fingerprint density at radius 3 is 2.60 bits per heavy atom. The van der Waals surface area contributed by atoms with E-state index in [9.17, 15) is 0 Å². The lowest BCUT2D eigenvalue weighted by atomic mass is 10.1. The van der Waals surface area contributed by atoms with Gasteiger partial charge in [-0.25, -0.2) is 4.98 Å². The summed E-state index contributed by atoms with van der Waals surface area (Å²) in [5.74, 6) is 0. The van der Waals surface area contributed by atoms with Crippen LogP contribution in [0.2, 0.25) is 0 Å². The molecular formula is C14H22N4OS. The van der Waals surface area contributed by atoms with E-state index >= 15 is 0 Å². The van der Waals surface area contributed by atoms with E-state index in [0.29, 0.717) is 5.22 Å². The fraction of sp³-hybridized carbons (Fsp3) is 0.571. The molecule has 0 fully saturated rings. The zero-order chi connectivity index (χ0) is 14.9. The average molecular weight is 294 g/mol. The van der Waals surface area contributed by atoms with Crippen LogP contribution in [0.4, 0.5) is 0 Å². The Bertz CT molecular complexity index is 595. The van der Waals surface area contributed by atoms with Crippen molar-refractivity contribution in [3.05, 3.63) is 23.2 Å². The molecular weight excluding hydrogens is 272 g/mol. The van der Waals surface area contributed by atoms with Crippen LogP contribution in [0, 0.1) is 13.8 Å². The Balaban J connectivity index is 2.23. The summed E-state index contributed by atoms with van der Waals surface area (Å²) < 4.78 is 7.31. The first-order valence-electron chi connectivity index (χ1n) is 6.64. The predicted octanol–water partition coefficient (Wildman–Crippen LogP) is 3.06. The minimum absolute atomic E-state index is 0.0732. The van der Waals surface area contributed by atoms with Crippen LogP contribution in [0.3, 0.4) is 0 Å². The van der Waals surface area contributed by atoms with Gasteiger partial charge in [0, 0.05) is 24.7 Å². The summed E-state index contributed by atoms with van der Waals surface area (Å²) in [6.45, 7) is 11.2. The van der Waals surface area contributed by atoms with Crippen molar-refractivity contribution in [2.75, 3.05) is 0 Å². The molecule has 2 aromatic rings. The second-order valence-electron chi connectivity index (χ2n) is 5.95. The minimum Gasteiger partial charge on any atom is -0.439 e. The molecule has 2 rings (SSSR count). The molecule has 0 aromatic carbocycles. The summed E-state index contributed by atoms with van der Waals surface area (Å²) in [7, 11) is 1.95. The smallest absolute Gasteiger partial charge is 0.262 e. The van der Waals surface area contributed by atoms with Crippen molar-refractivity contribution in [1.82, 2.24) is 20.1 Å². The minimum atomic E-state index is 0.0732. The number of hydrogen-bond donors (Lipinski definition) is 1. The first-order chi connectivity index (χ1) is 9.26. The third kappa shape index (κ3) is 3.64. The number of nitrogens with zero attached hydrogens (tertiary/aromatic N) is 3. The van der Waals surface area contributed by atoms with Crippen molar-refractivity contribution >= 4 is 11.8 Å². The fourth-order valence-corrected chi connectivity index (χ4v) is 2.79. The number of aromatic nitrogens is 3. The van der Waals surface area contributed by atoms with Crippen LogP contribution in [0.25, 0.3) is 0 Å². The van der Waals surface area contributed by atoms with Gasteiger partial charge in [-0.2, -0.15) is 5.10 Å². The summed E-state index contributed by atoms with van der Waals surface area (Å²) in [4.78, 5) is 4.34. The van der Waals surface area contributed by atoms with E-state index in [-0.39, 0.29) is 5.54 Å². The molecule has 2 aromatic heterocycles. The van der Waals surface area contributed by atoms with E-state index in [4.69, 9.17) is 4.42 Å². The van der Waals surface area contributed by atoms with E-state index in [0.717, 1.165) is 23.0 Å². The molecule has 20 heavy (non-hydrogen) atoms. The van der Waals surface area contributed by atoms with Crippen molar-refractivity contribution in [3.63, 3.8) is 0 Å². The molecule has 0 saturated carbocycles. The first kappa shape index (κ1) is 15.1. The highest BCUT2D eigenvalue weighted by Gasteiger charge is 2.18. The lowest BCUT2D eigenvalue weighted by molar-refractivity contribution is 0.421. The van der Waals surface area contributed by atoms with Crippen LogP contribution < -0.4 is 5.32 Å². The lowest BCUT2D eigenvalue weighted by Crippen LogP contribution is -2.35. The van der Waals surface area contributed by atoms with Gasteiger partial charge in [-0.1, -0.05) is 0 Å². The number of aryl methyl sites for hydroxylation is 3. The third-order valence-corrected chi connectivity index (χ3v) is 3.93. The van der Waals surface area contributed by atoms with E-state index < -0.39 is 0 Å². The van der Waals surface area contributed by atoms with E-state index in [2.05, 4.69) is 36.2 Å². The zero-order valence-corrected chi connectivity index (χ0v) is 13.8. The number of rotatable bonds is 4. The normalized spacial score (nSPS) is 12.1. The average Bonchev–Trinajstić information content (AvgIpc) is 2.82. The van der Waals surface area contributed by atoms with Crippen LogP contribution >= 0.6 is 11.8 Å². The molecule has 2 heterocycles. The second-order valence-corrected chi connectivity index (χ2v) is 6.89. The van der Waals surface area contributed by atoms with Gasteiger partial charge in [0.25, 0.3) is 5.22 Å². The zero-order valence-electron chi connectivity index (χ0n) is 12.9. The summed E-state index contributed by atoms with van der Waals surface area (Å²) >= 11 is 1.52. The Morgan fingerprint density at radius 1 is 1.35 bits per heavy atom. The fourth-order valence-electron chi connectivity index (χ4n) is 1.83. The van der Waals surface area contributed by atoms with Crippen molar-refractivity contribution in [2.24, 2.45) is 7.05 Å². The maximum absolute atomic E-state index is 5.42. The maximum atomic E-state index is 5.42. The number of nitrogens with one attached hydrogen (secondary N) is 1. The Kier molecular flexibility index (Phi) is 4.25. The van der Waals surface area contributed by atoms with Crippen LogP contribution in [-0.4, -0.2) is 20.3 Å². The van der Waals surface area contributed by atoms with Crippen LogP contribution in [-0.2, 0) is 13.6 Å². The summed E-state index contributed by atoms with van der Waals surface area (Å²) in [6.07, 6.45) is 1.67. The van der Waals surface area contributed by atoms with E-state index in [1.807, 2.05) is 25.6 Å². The topological polar surface area (TPSA) is 55.9 Å². The Labute approximate surface area is 124 Å². The predicted molar refractivity (Wildman–Crippen MR) is 79.9 cm³/mol. The van der Waals surface area contributed by atoms with Gasteiger partial charge in [0.05, 0.1) is 11.4 Å². The van der Waals surface area contributed by atoms with Crippen molar-refractivity contribution in [3.8, 4) is 0 Å². The molecule has 0 radical (unpaired) electrons. The monoisotopic (exact) mass is 294 g/mol. The third-order valence-electron chi connectivity index (χ3n) is 2.87. The van der Waals surface area contributed by atoms with Crippen LogP contribution in [0.5, 0.6) is 0 Å². The van der Waals surface area contributed by atoms with Crippen LogP contribution in [0.1, 0.15) is 37.7 Å². The van der Waals surface area contributed by atoms with Crippen molar-refractivity contribution < 1.29 is 4.42 Å². The summed E-state index contributed by atoms with van der Waals surface area (Å²) in [5, 5.41) is 9.73. The highest BCUT2D eigenvalue weighted by Crippen LogP contribution is 2.31.